The Bertz CT molecular complexity index is 572. The fourth-order valence-corrected chi connectivity index (χ4v) is 3.92. The van der Waals surface area contributed by atoms with Gasteiger partial charge in [0.2, 0.25) is 0 Å². The Morgan fingerprint density at radius 2 is 1.67 bits per heavy atom. The average molecular weight is 495 g/mol. The summed E-state index contributed by atoms with van der Waals surface area (Å²) >= 11 is 0. The molecule has 0 radical (unpaired) electrons. The molecule has 0 aromatic rings. The molecule has 1 heterocycles. The quantitative estimate of drug-likeness (QED) is 0.0946. The fraction of sp³-hybridized carbons (Fsp3) is 1.00. The zero-order chi connectivity index (χ0) is 24.7. The highest BCUT2D eigenvalue weighted by Gasteiger charge is 2.50. The summed E-state index contributed by atoms with van der Waals surface area (Å²) in [5.74, 6) is 0. The van der Waals surface area contributed by atoms with E-state index in [0.29, 0.717) is 0 Å². The highest BCUT2D eigenvalue weighted by molar-refractivity contribution is 5.00. The van der Waals surface area contributed by atoms with E-state index >= 15 is 0 Å². The van der Waals surface area contributed by atoms with E-state index in [9.17, 15) is 44.1 Å². The zero-order valence-corrected chi connectivity index (χ0v) is 17.7. The number of hydrogen-bond donors (Lipinski definition) is 9. The molecule has 0 spiro atoms. The molecule has 1 aliphatic carbocycles. The summed E-state index contributed by atoms with van der Waals surface area (Å²) in [6.07, 6.45) is -16.2. The van der Waals surface area contributed by atoms with Crippen LogP contribution < -0.4 is 16.6 Å². The van der Waals surface area contributed by atoms with Gasteiger partial charge in [-0.1, -0.05) is 0 Å². The number of halogens is 3. The van der Waals surface area contributed by atoms with Gasteiger partial charge in [0.1, 0.15) is 42.7 Å². The van der Waals surface area contributed by atoms with Crippen molar-refractivity contribution in [1.29, 1.82) is 0 Å². The van der Waals surface area contributed by atoms with E-state index in [1.807, 2.05) is 0 Å². The Balaban J connectivity index is 2.23. The van der Waals surface area contributed by atoms with E-state index in [0.717, 1.165) is 7.11 Å². The number of ether oxygens (including phenoxy) is 4. The fourth-order valence-electron chi connectivity index (χ4n) is 3.92. The van der Waals surface area contributed by atoms with Crippen LogP contribution in [0.1, 0.15) is 12.8 Å². The monoisotopic (exact) mass is 495 g/mol. The molecule has 13 nitrogen and oxygen atoms in total. The third kappa shape index (κ3) is 6.91. The van der Waals surface area contributed by atoms with Crippen LogP contribution in [0.3, 0.4) is 0 Å². The number of aliphatic hydroxyl groups excluding tert-OH is 6. The molecule has 1 aliphatic heterocycles. The summed E-state index contributed by atoms with van der Waals surface area (Å²) < 4.78 is 60.4. The molecule has 9 N–H and O–H groups in total. The molecule has 1 saturated carbocycles. The Hall–Kier alpha value is -0.730. The molecule has 0 bridgehead atoms. The van der Waals surface area contributed by atoms with Gasteiger partial charge >= 0.3 is 0 Å². The maximum atomic E-state index is 13.6. The average Bonchev–Trinajstić information content (AvgIpc) is 2.80. The van der Waals surface area contributed by atoms with Crippen molar-refractivity contribution < 1.29 is 63.0 Å². The predicted molar refractivity (Wildman–Crippen MR) is 101 cm³/mol. The molecule has 12 unspecified atom stereocenters. The molecule has 33 heavy (non-hydrogen) atoms. The first-order valence-electron chi connectivity index (χ1n) is 10.3. The molecule has 1 saturated heterocycles. The molecular weight excluding hydrogens is 463 g/mol. The molecular formula is C17H32F3N3O10. The Morgan fingerprint density at radius 1 is 1.00 bits per heavy atom. The van der Waals surface area contributed by atoms with Crippen LogP contribution in [0.4, 0.5) is 13.4 Å². The van der Waals surface area contributed by atoms with Gasteiger partial charge in [0.25, 0.3) is 0 Å². The summed E-state index contributed by atoms with van der Waals surface area (Å²) in [4.78, 5) is 0. The van der Waals surface area contributed by atoms with E-state index in [1.54, 1.807) is 0 Å². The van der Waals surface area contributed by atoms with Crippen LogP contribution in [0, 0.1) is 0 Å². The van der Waals surface area contributed by atoms with Gasteiger partial charge < -0.3 is 49.6 Å². The zero-order valence-electron chi connectivity index (χ0n) is 17.7. The lowest BCUT2D eigenvalue weighted by Gasteiger charge is -2.46. The molecule has 12 atom stereocenters. The SMILES string of the molecule is COC(CO)C(O)C(O)OC1C(O)C(NF)CC(NF)C1OC1CC(O)C(O)C(CNF)O1. The van der Waals surface area contributed by atoms with Gasteiger partial charge in [0, 0.05) is 13.5 Å². The largest absolute Gasteiger partial charge is 0.394 e. The minimum atomic E-state index is -2.09. The topological polar surface area (TPSA) is 194 Å². The molecule has 2 aliphatic rings. The summed E-state index contributed by atoms with van der Waals surface area (Å²) in [6.45, 7) is -1.21. The molecule has 196 valence electrons. The maximum Gasteiger partial charge on any atom is 0.184 e. The number of hydrogen-bond acceptors (Lipinski definition) is 13. The molecule has 0 aromatic heterocycles. The summed E-state index contributed by atoms with van der Waals surface area (Å²) in [6, 6.07) is -2.70. The Morgan fingerprint density at radius 3 is 2.21 bits per heavy atom. The van der Waals surface area contributed by atoms with Crippen LogP contribution in [-0.4, -0.2) is 124 Å². The second kappa shape index (κ2) is 13.4. The van der Waals surface area contributed by atoms with Crippen molar-refractivity contribution in [1.82, 2.24) is 16.6 Å². The van der Waals surface area contributed by atoms with Crippen molar-refractivity contribution in [3.8, 4) is 0 Å². The van der Waals surface area contributed by atoms with Crippen LogP contribution in [0.15, 0.2) is 0 Å². The lowest BCUT2D eigenvalue weighted by molar-refractivity contribution is -0.310. The lowest BCUT2D eigenvalue weighted by atomic mass is 9.84. The summed E-state index contributed by atoms with van der Waals surface area (Å²) in [5.41, 5.74) is 3.98. The number of methoxy groups -OCH3 is 1. The van der Waals surface area contributed by atoms with Crippen LogP contribution in [0.25, 0.3) is 0 Å². The van der Waals surface area contributed by atoms with Crippen molar-refractivity contribution in [2.24, 2.45) is 0 Å². The summed E-state index contributed by atoms with van der Waals surface area (Å²) in [7, 11) is 1.15. The van der Waals surface area contributed by atoms with Crippen molar-refractivity contribution >= 4 is 0 Å². The molecule has 16 heteroatoms. The number of nitrogens with one attached hydrogen (secondary N) is 3. The van der Waals surface area contributed by atoms with Crippen LogP contribution in [-0.2, 0) is 18.9 Å². The molecule has 0 amide bonds. The lowest BCUT2D eigenvalue weighted by Crippen LogP contribution is -2.65. The van der Waals surface area contributed by atoms with E-state index in [-0.39, 0.29) is 12.8 Å². The van der Waals surface area contributed by atoms with Gasteiger partial charge in [-0.25, -0.2) is 0 Å². The van der Waals surface area contributed by atoms with Crippen LogP contribution >= 0.6 is 0 Å². The predicted octanol–water partition coefficient (Wildman–Crippen LogP) is -3.80. The van der Waals surface area contributed by atoms with Crippen LogP contribution in [0.5, 0.6) is 0 Å². The Kier molecular flexibility index (Phi) is 11.6. The van der Waals surface area contributed by atoms with Gasteiger partial charge in [0.15, 0.2) is 12.6 Å². The van der Waals surface area contributed by atoms with Gasteiger partial charge in [-0.15, -0.1) is 13.4 Å². The summed E-state index contributed by atoms with van der Waals surface area (Å²) in [5, 5.41) is 60.0. The molecule has 2 fully saturated rings. The maximum absolute atomic E-state index is 13.6. The third-order valence-corrected chi connectivity index (χ3v) is 5.83. The van der Waals surface area contributed by atoms with Crippen molar-refractivity contribution in [2.45, 2.75) is 86.3 Å². The highest BCUT2D eigenvalue weighted by atomic mass is 19.2. The highest BCUT2D eigenvalue weighted by Crippen LogP contribution is 2.31. The van der Waals surface area contributed by atoms with E-state index in [1.165, 1.54) is 16.6 Å². The van der Waals surface area contributed by atoms with Gasteiger partial charge in [-0.05, 0) is 6.42 Å². The smallest absolute Gasteiger partial charge is 0.184 e. The second-order valence-electron chi connectivity index (χ2n) is 7.93. The second-order valence-corrected chi connectivity index (χ2v) is 7.93. The third-order valence-electron chi connectivity index (χ3n) is 5.83. The Labute approximate surface area is 187 Å². The van der Waals surface area contributed by atoms with Gasteiger partial charge in [0.05, 0.1) is 31.3 Å². The minimum absolute atomic E-state index is 0.325. The minimum Gasteiger partial charge on any atom is -0.394 e. The molecule has 2 rings (SSSR count). The first-order chi connectivity index (χ1) is 15.7. The van der Waals surface area contributed by atoms with E-state index < -0.39 is 86.6 Å². The van der Waals surface area contributed by atoms with E-state index in [4.69, 9.17) is 18.9 Å². The van der Waals surface area contributed by atoms with Crippen molar-refractivity contribution in [3.63, 3.8) is 0 Å². The first-order valence-corrected chi connectivity index (χ1v) is 10.3. The first kappa shape index (κ1) is 28.5. The number of aliphatic hydroxyl groups is 6. The molecule has 0 aromatic carbocycles. The van der Waals surface area contributed by atoms with Gasteiger partial charge in [-0.3, -0.25) is 0 Å². The van der Waals surface area contributed by atoms with Crippen molar-refractivity contribution in [2.75, 3.05) is 20.3 Å². The number of rotatable bonds is 12. The standard InChI is InChI=1S/C17H32F3N3O10/c1-30-10(5-24)14(28)17(29)33-16-12(26)6(22-19)2-7(23-20)15(16)32-11-3-8(25)13(27)9(31-11)4-21-18/h6-17,21-29H,2-5H2,1H3. The van der Waals surface area contributed by atoms with Crippen LogP contribution in [0.2, 0.25) is 0 Å². The van der Waals surface area contributed by atoms with E-state index in [2.05, 4.69) is 0 Å². The normalized spacial score (nSPS) is 40.4. The van der Waals surface area contributed by atoms with Crippen molar-refractivity contribution in [3.05, 3.63) is 0 Å². The van der Waals surface area contributed by atoms with Gasteiger partial charge in [-0.2, -0.15) is 16.6 Å².